The van der Waals surface area contributed by atoms with Crippen LogP contribution in [0.1, 0.15) is 68.4 Å². The van der Waals surface area contributed by atoms with Gasteiger partial charge in [-0.05, 0) is 59.8 Å². The summed E-state index contributed by atoms with van der Waals surface area (Å²) in [5, 5.41) is 15.1. The van der Waals surface area contributed by atoms with Crippen LogP contribution in [0.4, 0.5) is 4.79 Å². The van der Waals surface area contributed by atoms with E-state index in [9.17, 15) is 19.5 Å². The first-order chi connectivity index (χ1) is 16.9. The van der Waals surface area contributed by atoms with Gasteiger partial charge in [0.15, 0.2) is 0 Å². The largest absolute Gasteiger partial charge is 0.481 e. The lowest BCUT2D eigenvalue weighted by Gasteiger charge is -2.43. The molecule has 0 heterocycles. The van der Waals surface area contributed by atoms with E-state index >= 15 is 0 Å². The van der Waals surface area contributed by atoms with Gasteiger partial charge in [0.05, 0.1) is 12.0 Å². The van der Waals surface area contributed by atoms with Crippen LogP contribution in [0.25, 0.3) is 11.1 Å². The third-order valence-electron chi connectivity index (χ3n) is 8.12. The Labute approximate surface area is 205 Å². The molecular weight excluding hydrogens is 444 g/mol. The third kappa shape index (κ3) is 4.77. The molecule has 0 spiro atoms. The maximum absolute atomic E-state index is 12.8. The molecule has 7 nitrogen and oxygen atoms in total. The number of nitrogens with one attached hydrogen (secondary N) is 2. The predicted molar refractivity (Wildman–Crippen MR) is 131 cm³/mol. The van der Waals surface area contributed by atoms with Gasteiger partial charge in [-0.2, -0.15) is 0 Å². The maximum atomic E-state index is 12.8. The van der Waals surface area contributed by atoms with Crippen LogP contribution in [0.5, 0.6) is 0 Å². The number of benzene rings is 2. The minimum atomic E-state index is -0.827. The molecule has 184 valence electrons. The lowest BCUT2D eigenvalue weighted by Crippen LogP contribution is -2.56. The lowest BCUT2D eigenvalue weighted by atomic mass is 9.66. The molecule has 0 aliphatic heterocycles. The van der Waals surface area contributed by atoms with Crippen LogP contribution in [0.2, 0.25) is 0 Å². The van der Waals surface area contributed by atoms with E-state index in [1.54, 1.807) is 0 Å². The first-order valence-electron chi connectivity index (χ1n) is 12.5. The molecule has 0 aromatic heterocycles. The molecule has 0 atom stereocenters. The minimum absolute atomic E-state index is 0.0123. The van der Waals surface area contributed by atoms with Crippen molar-refractivity contribution >= 4 is 18.0 Å². The molecule has 0 unspecified atom stereocenters. The Morgan fingerprint density at radius 1 is 0.886 bits per heavy atom. The van der Waals surface area contributed by atoms with Crippen LogP contribution in [0.15, 0.2) is 48.5 Å². The molecule has 2 aromatic rings. The summed E-state index contributed by atoms with van der Waals surface area (Å²) in [5.74, 6) is -0.992. The van der Waals surface area contributed by atoms with E-state index < -0.39 is 17.6 Å². The zero-order valence-electron chi connectivity index (χ0n) is 19.8. The van der Waals surface area contributed by atoms with E-state index in [0.29, 0.717) is 6.54 Å². The van der Waals surface area contributed by atoms with Crippen molar-refractivity contribution in [2.75, 3.05) is 13.2 Å². The summed E-state index contributed by atoms with van der Waals surface area (Å²) in [5.41, 5.74) is 3.75. The fourth-order valence-corrected chi connectivity index (χ4v) is 5.87. The quantitative estimate of drug-likeness (QED) is 0.491. The number of carboxylic acid groups (broad SMARTS) is 1. The van der Waals surface area contributed by atoms with Gasteiger partial charge in [-0.3, -0.25) is 9.59 Å². The summed E-state index contributed by atoms with van der Waals surface area (Å²) in [6.07, 6.45) is 4.80. The number of carbonyl (C=O) groups is 3. The van der Waals surface area contributed by atoms with Crippen molar-refractivity contribution in [1.29, 1.82) is 0 Å². The van der Waals surface area contributed by atoms with E-state index in [1.165, 1.54) is 11.1 Å². The monoisotopic (exact) mass is 476 g/mol. The molecule has 2 amide bonds. The number of carboxylic acids is 1. The number of rotatable bonds is 9. The molecule has 2 aromatic carbocycles. The first kappa shape index (κ1) is 23.4. The lowest BCUT2D eigenvalue weighted by molar-refractivity contribution is -0.142. The van der Waals surface area contributed by atoms with Gasteiger partial charge in [-0.15, -0.1) is 0 Å². The first-order valence-corrected chi connectivity index (χ1v) is 12.5. The zero-order chi connectivity index (χ0) is 24.5. The summed E-state index contributed by atoms with van der Waals surface area (Å²) in [4.78, 5) is 36.7. The Hall–Kier alpha value is -3.35. The number of fused-ring (bicyclic) bond motifs is 3. The molecule has 3 aliphatic carbocycles. The van der Waals surface area contributed by atoms with E-state index in [4.69, 9.17) is 4.74 Å². The third-order valence-corrected chi connectivity index (χ3v) is 8.12. The van der Waals surface area contributed by atoms with Crippen molar-refractivity contribution in [2.24, 2.45) is 5.41 Å². The minimum Gasteiger partial charge on any atom is -0.481 e. The van der Waals surface area contributed by atoms with Crippen LogP contribution >= 0.6 is 0 Å². The Balaban J connectivity index is 1.16. The van der Waals surface area contributed by atoms with Crippen molar-refractivity contribution < 1.29 is 24.2 Å². The number of alkyl carbamates (subject to hydrolysis) is 1. The van der Waals surface area contributed by atoms with Gasteiger partial charge in [0.2, 0.25) is 5.91 Å². The molecule has 0 bridgehead atoms. The summed E-state index contributed by atoms with van der Waals surface area (Å²) < 4.78 is 5.69. The Kier molecular flexibility index (Phi) is 6.26. The zero-order valence-corrected chi connectivity index (χ0v) is 19.8. The Morgan fingerprint density at radius 2 is 1.49 bits per heavy atom. The van der Waals surface area contributed by atoms with Crippen molar-refractivity contribution in [2.45, 2.75) is 62.8 Å². The highest BCUT2D eigenvalue weighted by molar-refractivity contribution is 5.80. The van der Waals surface area contributed by atoms with Crippen molar-refractivity contribution in [3.63, 3.8) is 0 Å². The highest BCUT2D eigenvalue weighted by Gasteiger charge is 2.43. The summed E-state index contributed by atoms with van der Waals surface area (Å²) in [6, 6.07) is 16.4. The van der Waals surface area contributed by atoms with Crippen molar-refractivity contribution in [1.82, 2.24) is 10.6 Å². The molecule has 7 heteroatoms. The van der Waals surface area contributed by atoms with Crippen LogP contribution in [-0.2, 0) is 14.3 Å². The summed E-state index contributed by atoms with van der Waals surface area (Å²) >= 11 is 0. The van der Waals surface area contributed by atoms with E-state index in [2.05, 4.69) is 34.9 Å². The van der Waals surface area contributed by atoms with Gasteiger partial charge in [-0.25, -0.2) is 4.79 Å². The van der Waals surface area contributed by atoms with Gasteiger partial charge < -0.3 is 20.5 Å². The topological polar surface area (TPSA) is 105 Å². The SMILES string of the molecule is O=C(O)CC1(CNC(=O)CC2(NC(=O)OCC3c4ccccc4-c4ccccc43)CCC2)CCC1. The smallest absolute Gasteiger partial charge is 0.407 e. The number of aliphatic carboxylic acids is 1. The Morgan fingerprint density at radius 3 is 2.00 bits per heavy atom. The van der Waals surface area contributed by atoms with E-state index in [0.717, 1.165) is 49.7 Å². The summed E-state index contributed by atoms with van der Waals surface area (Å²) in [7, 11) is 0. The molecule has 0 saturated heterocycles. The van der Waals surface area contributed by atoms with Crippen LogP contribution < -0.4 is 10.6 Å². The second kappa shape index (κ2) is 9.36. The average molecular weight is 477 g/mol. The Bertz CT molecular complexity index is 1090. The number of amides is 2. The van der Waals surface area contributed by atoms with Crippen molar-refractivity contribution in [3.05, 3.63) is 59.7 Å². The predicted octanol–water partition coefficient (Wildman–Crippen LogP) is 4.60. The highest BCUT2D eigenvalue weighted by atomic mass is 16.5. The fraction of sp³-hybridized carbons (Fsp3) is 0.464. The van der Waals surface area contributed by atoms with Crippen molar-refractivity contribution in [3.8, 4) is 11.1 Å². The van der Waals surface area contributed by atoms with Crippen LogP contribution in [0, 0.1) is 5.41 Å². The summed E-state index contributed by atoms with van der Waals surface area (Å²) in [6.45, 7) is 0.610. The van der Waals surface area contributed by atoms with Gasteiger partial charge in [-0.1, -0.05) is 55.0 Å². The standard InChI is InChI=1S/C28H32N2O5/c31-24(29-18-27(11-5-12-27)16-25(32)33)15-28(13-6-14-28)30-26(34)35-17-23-21-9-3-1-7-19(21)20-8-2-4-10-22(20)23/h1-4,7-10,23H,5-6,11-18H2,(H,29,31)(H,30,34)(H,32,33). The van der Waals surface area contributed by atoms with Gasteiger partial charge in [0, 0.05) is 18.9 Å². The molecule has 5 rings (SSSR count). The molecule has 2 fully saturated rings. The second-order valence-corrected chi connectivity index (χ2v) is 10.5. The number of carbonyl (C=O) groups excluding carboxylic acids is 2. The normalized spacial score (nSPS) is 18.9. The van der Waals surface area contributed by atoms with Gasteiger partial charge >= 0.3 is 12.1 Å². The number of hydrogen-bond donors (Lipinski definition) is 3. The van der Waals surface area contributed by atoms with Gasteiger partial charge in [0.1, 0.15) is 6.61 Å². The molecule has 3 aliphatic rings. The second-order valence-electron chi connectivity index (χ2n) is 10.5. The average Bonchev–Trinajstić information content (AvgIpc) is 3.11. The molecule has 3 N–H and O–H groups in total. The fourth-order valence-electron chi connectivity index (χ4n) is 5.87. The van der Waals surface area contributed by atoms with Crippen LogP contribution in [0.3, 0.4) is 0 Å². The van der Waals surface area contributed by atoms with Gasteiger partial charge in [0.25, 0.3) is 0 Å². The number of ether oxygens (including phenoxy) is 1. The molecular formula is C28H32N2O5. The molecule has 0 radical (unpaired) electrons. The number of hydrogen-bond acceptors (Lipinski definition) is 4. The van der Waals surface area contributed by atoms with E-state index in [1.807, 2.05) is 24.3 Å². The van der Waals surface area contributed by atoms with Crippen LogP contribution in [-0.4, -0.2) is 41.8 Å². The highest BCUT2D eigenvalue weighted by Crippen LogP contribution is 2.45. The van der Waals surface area contributed by atoms with E-state index in [-0.39, 0.29) is 36.7 Å². The molecule has 35 heavy (non-hydrogen) atoms. The maximum Gasteiger partial charge on any atom is 0.407 e. The molecule has 2 saturated carbocycles.